The molecule has 1 N–H and O–H groups in total. The van der Waals surface area contributed by atoms with Crippen molar-refractivity contribution in [2.24, 2.45) is 5.92 Å². The zero-order valence-electron chi connectivity index (χ0n) is 19.9. The second kappa shape index (κ2) is 12.9. The predicted octanol–water partition coefficient (Wildman–Crippen LogP) is 5.27. The molecule has 0 unspecified atom stereocenters. The van der Waals surface area contributed by atoms with Crippen molar-refractivity contribution in [3.8, 4) is 5.75 Å². The SMILES string of the molecule is CC(C)CNC(=O)[C@H](Cc1ccccc1)N(Cc1ccccc1F)C(=O)COc1ccccc1Cl. The number of para-hydroxylation sites is 1. The van der Waals surface area contributed by atoms with Crippen molar-refractivity contribution in [1.82, 2.24) is 10.2 Å². The highest BCUT2D eigenvalue weighted by molar-refractivity contribution is 6.32. The Bertz CT molecular complexity index is 1120. The van der Waals surface area contributed by atoms with Crippen molar-refractivity contribution < 1.29 is 18.7 Å². The number of hydrogen-bond acceptors (Lipinski definition) is 3. The van der Waals surface area contributed by atoms with E-state index < -0.39 is 17.8 Å². The molecular weight excluding hydrogens is 467 g/mol. The van der Waals surface area contributed by atoms with Crippen molar-refractivity contribution in [1.29, 1.82) is 0 Å². The lowest BCUT2D eigenvalue weighted by molar-refractivity contribution is -0.142. The van der Waals surface area contributed by atoms with Crippen LogP contribution in [0.4, 0.5) is 4.39 Å². The van der Waals surface area contributed by atoms with Gasteiger partial charge in [0.2, 0.25) is 5.91 Å². The molecule has 0 fully saturated rings. The summed E-state index contributed by atoms with van der Waals surface area (Å²) in [5.74, 6) is -0.606. The summed E-state index contributed by atoms with van der Waals surface area (Å²) in [6.45, 7) is 4.02. The number of benzene rings is 3. The van der Waals surface area contributed by atoms with Gasteiger partial charge in [-0.3, -0.25) is 9.59 Å². The molecule has 0 heterocycles. The molecule has 0 aliphatic carbocycles. The Morgan fingerprint density at radius 1 is 0.971 bits per heavy atom. The Morgan fingerprint density at radius 2 is 1.63 bits per heavy atom. The number of hydrogen-bond donors (Lipinski definition) is 1. The van der Waals surface area contributed by atoms with Crippen LogP contribution >= 0.6 is 11.6 Å². The first-order valence-corrected chi connectivity index (χ1v) is 11.9. The standard InChI is InChI=1S/C28H30ClFN2O3/c1-20(2)17-31-28(34)25(16-21-10-4-3-5-11-21)32(18-22-12-6-8-14-24(22)30)27(33)19-35-26-15-9-7-13-23(26)29/h3-15,20,25H,16-19H2,1-2H3,(H,31,34)/t25-/m0/s1. The van der Waals surface area contributed by atoms with Crippen LogP contribution in [0.3, 0.4) is 0 Å². The average Bonchev–Trinajstić information content (AvgIpc) is 2.85. The molecule has 1 atom stereocenters. The summed E-state index contributed by atoms with van der Waals surface area (Å²) in [6.07, 6.45) is 0.275. The van der Waals surface area contributed by atoms with Gasteiger partial charge < -0.3 is 15.0 Å². The largest absolute Gasteiger partial charge is 0.482 e. The molecule has 2 amide bonds. The smallest absolute Gasteiger partial charge is 0.261 e. The van der Waals surface area contributed by atoms with Crippen LogP contribution in [-0.2, 0) is 22.6 Å². The lowest BCUT2D eigenvalue weighted by Crippen LogP contribution is -2.52. The van der Waals surface area contributed by atoms with Gasteiger partial charge in [-0.2, -0.15) is 0 Å². The Labute approximate surface area is 210 Å². The summed E-state index contributed by atoms with van der Waals surface area (Å²) in [5.41, 5.74) is 1.20. The van der Waals surface area contributed by atoms with Crippen LogP contribution in [0.5, 0.6) is 5.75 Å². The Hall–Kier alpha value is -3.38. The first kappa shape index (κ1) is 26.2. The number of carbonyl (C=O) groups excluding carboxylic acids is 2. The van der Waals surface area contributed by atoms with Crippen LogP contribution in [0.25, 0.3) is 0 Å². The van der Waals surface area contributed by atoms with E-state index >= 15 is 0 Å². The maximum absolute atomic E-state index is 14.6. The van der Waals surface area contributed by atoms with Crippen LogP contribution in [0.15, 0.2) is 78.9 Å². The minimum absolute atomic E-state index is 0.0794. The maximum Gasteiger partial charge on any atom is 0.261 e. The van der Waals surface area contributed by atoms with Crippen LogP contribution in [0.1, 0.15) is 25.0 Å². The van der Waals surface area contributed by atoms with E-state index in [-0.39, 0.29) is 31.4 Å². The van der Waals surface area contributed by atoms with E-state index in [0.29, 0.717) is 22.9 Å². The lowest BCUT2D eigenvalue weighted by atomic mass is 10.0. The molecule has 3 rings (SSSR count). The monoisotopic (exact) mass is 496 g/mol. The van der Waals surface area contributed by atoms with Crippen LogP contribution < -0.4 is 10.1 Å². The molecule has 0 radical (unpaired) electrons. The number of nitrogens with zero attached hydrogens (tertiary/aromatic N) is 1. The summed E-state index contributed by atoms with van der Waals surface area (Å²) < 4.78 is 20.3. The zero-order chi connectivity index (χ0) is 25.2. The second-order valence-electron chi connectivity index (χ2n) is 8.68. The summed E-state index contributed by atoms with van der Waals surface area (Å²) in [4.78, 5) is 28.2. The fourth-order valence-corrected chi connectivity index (χ4v) is 3.76. The highest BCUT2D eigenvalue weighted by Crippen LogP contribution is 2.24. The molecule has 0 aliphatic heterocycles. The molecule has 5 nitrogen and oxygen atoms in total. The first-order chi connectivity index (χ1) is 16.8. The van der Waals surface area contributed by atoms with Crippen molar-refractivity contribution in [2.45, 2.75) is 32.9 Å². The van der Waals surface area contributed by atoms with Crippen LogP contribution in [0.2, 0.25) is 5.02 Å². The maximum atomic E-state index is 14.6. The summed E-state index contributed by atoms with van der Waals surface area (Å²) >= 11 is 6.17. The third-order valence-electron chi connectivity index (χ3n) is 5.44. The summed E-state index contributed by atoms with van der Waals surface area (Å²) in [7, 11) is 0. The van der Waals surface area contributed by atoms with Crippen molar-refractivity contribution in [2.75, 3.05) is 13.2 Å². The molecule has 35 heavy (non-hydrogen) atoms. The van der Waals surface area contributed by atoms with Gasteiger partial charge in [0.05, 0.1) is 5.02 Å². The van der Waals surface area contributed by atoms with Gasteiger partial charge in [0.25, 0.3) is 5.91 Å². The third kappa shape index (κ3) is 7.82. The van der Waals surface area contributed by atoms with E-state index in [2.05, 4.69) is 5.32 Å². The molecule has 0 spiro atoms. The van der Waals surface area contributed by atoms with Crippen LogP contribution in [-0.4, -0.2) is 35.9 Å². The van der Waals surface area contributed by atoms with Gasteiger partial charge in [0, 0.05) is 25.1 Å². The second-order valence-corrected chi connectivity index (χ2v) is 9.08. The Kier molecular flexibility index (Phi) is 9.67. The van der Waals surface area contributed by atoms with Gasteiger partial charge in [-0.1, -0.05) is 86.1 Å². The molecule has 0 bridgehead atoms. The number of halogens is 2. The number of amides is 2. The highest BCUT2D eigenvalue weighted by atomic mass is 35.5. The molecule has 0 saturated carbocycles. The zero-order valence-corrected chi connectivity index (χ0v) is 20.7. The quantitative estimate of drug-likeness (QED) is 0.393. The van der Waals surface area contributed by atoms with Gasteiger partial charge in [-0.25, -0.2) is 4.39 Å². The predicted molar refractivity (Wildman–Crippen MR) is 136 cm³/mol. The van der Waals surface area contributed by atoms with Gasteiger partial charge in [-0.05, 0) is 29.7 Å². The Morgan fingerprint density at radius 3 is 2.31 bits per heavy atom. The van der Waals surface area contributed by atoms with Crippen molar-refractivity contribution in [3.05, 3.63) is 101 Å². The van der Waals surface area contributed by atoms with E-state index in [4.69, 9.17) is 16.3 Å². The summed E-state index contributed by atoms with van der Waals surface area (Å²) in [6, 6.07) is 21.6. The minimum atomic E-state index is -0.863. The highest BCUT2D eigenvalue weighted by Gasteiger charge is 2.31. The molecule has 3 aromatic rings. The summed E-state index contributed by atoms with van der Waals surface area (Å²) in [5, 5.41) is 3.30. The van der Waals surface area contributed by atoms with Gasteiger partial charge in [0.1, 0.15) is 17.6 Å². The topological polar surface area (TPSA) is 58.6 Å². The van der Waals surface area contributed by atoms with Crippen molar-refractivity contribution in [3.63, 3.8) is 0 Å². The molecule has 184 valence electrons. The number of ether oxygens (including phenoxy) is 1. The van der Waals surface area contributed by atoms with Gasteiger partial charge in [0.15, 0.2) is 6.61 Å². The lowest BCUT2D eigenvalue weighted by Gasteiger charge is -2.31. The number of carbonyl (C=O) groups is 2. The van der Waals surface area contributed by atoms with Gasteiger partial charge >= 0.3 is 0 Å². The van der Waals surface area contributed by atoms with Crippen molar-refractivity contribution >= 4 is 23.4 Å². The number of nitrogens with one attached hydrogen (secondary N) is 1. The molecule has 3 aromatic carbocycles. The van der Waals surface area contributed by atoms with E-state index in [1.165, 1.54) is 11.0 Å². The van der Waals surface area contributed by atoms with Crippen LogP contribution in [0, 0.1) is 11.7 Å². The molecule has 0 saturated heterocycles. The van der Waals surface area contributed by atoms with E-state index in [9.17, 15) is 14.0 Å². The fraction of sp³-hybridized carbons (Fsp3) is 0.286. The average molecular weight is 497 g/mol. The van der Waals surface area contributed by atoms with Gasteiger partial charge in [-0.15, -0.1) is 0 Å². The van der Waals surface area contributed by atoms with E-state index in [1.807, 2.05) is 44.2 Å². The number of rotatable bonds is 11. The fourth-order valence-electron chi connectivity index (χ4n) is 3.57. The van der Waals surface area contributed by atoms with E-state index in [1.54, 1.807) is 42.5 Å². The molecular formula is C28H30ClFN2O3. The normalized spacial score (nSPS) is 11.7. The first-order valence-electron chi connectivity index (χ1n) is 11.6. The van der Waals surface area contributed by atoms with E-state index in [0.717, 1.165) is 5.56 Å². The molecule has 0 aromatic heterocycles. The molecule has 0 aliphatic rings. The Balaban J connectivity index is 1.92. The third-order valence-corrected chi connectivity index (χ3v) is 5.75. The molecule has 7 heteroatoms. The minimum Gasteiger partial charge on any atom is -0.482 e.